The van der Waals surface area contributed by atoms with E-state index in [0.29, 0.717) is 0 Å². The molecule has 2 rings (SSSR count). The monoisotopic (exact) mass is 191 g/mol. The van der Waals surface area contributed by atoms with E-state index in [-0.39, 0.29) is 5.54 Å². The number of nitrogens with one attached hydrogen (secondary N) is 2. The number of hydrogen-bond acceptors (Lipinski definition) is 3. The largest absolute Gasteiger partial charge is 0.365 e. The van der Waals surface area contributed by atoms with Crippen molar-refractivity contribution in [3.05, 3.63) is 24.4 Å². The topological polar surface area (TPSA) is 37.0 Å². The highest BCUT2D eigenvalue weighted by molar-refractivity contribution is 5.36. The number of nitrogens with zero attached hydrogens (tertiary/aromatic N) is 1. The quantitative estimate of drug-likeness (QED) is 0.746. The Morgan fingerprint density at radius 2 is 2.14 bits per heavy atom. The van der Waals surface area contributed by atoms with E-state index in [2.05, 4.69) is 22.5 Å². The minimum absolute atomic E-state index is 0.208. The normalized spacial score (nSPS) is 20.4. The average Bonchev–Trinajstić information content (AvgIpc) is 2.19. The van der Waals surface area contributed by atoms with E-state index in [1.807, 2.05) is 24.4 Å². The lowest BCUT2D eigenvalue weighted by Gasteiger charge is -2.35. The highest BCUT2D eigenvalue weighted by Gasteiger charge is 2.26. The Bertz CT molecular complexity index is 278. The molecule has 0 aromatic carbocycles. The minimum Gasteiger partial charge on any atom is -0.365 e. The van der Waals surface area contributed by atoms with Crippen LogP contribution in [-0.4, -0.2) is 23.6 Å². The Balaban J connectivity index is 2.02. The Labute approximate surface area is 84.9 Å². The molecule has 0 unspecified atom stereocenters. The van der Waals surface area contributed by atoms with E-state index in [4.69, 9.17) is 0 Å². The first-order valence-corrected chi connectivity index (χ1v) is 5.18. The van der Waals surface area contributed by atoms with Gasteiger partial charge in [0, 0.05) is 11.7 Å². The van der Waals surface area contributed by atoms with Crippen LogP contribution in [0.4, 0.5) is 5.82 Å². The van der Waals surface area contributed by atoms with E-state index >= 15 is 0 Å². The smallest absolute Gasteiger partial charge is 0.126 e. The van der Waals surface area contributed by atoms with Crippen molar-refractivity contribution in [2.75, 3.05) is 18.4 Å². The Morgan fingerprint density at radius 3 is 2.79 bits per heavy atom. The third-order valence-corrected chi connectivity index (χ3v) is 2.80. The molecule has 2 N–H and O–H groups in total. The highest BCUT2D eigenvalue weighted by Crippen LogP contribution is 2.21. The van der Waals surface area contributed by atoms with Crippen LogP contribution in [0.3, 0.4) is 0 Å². The molecule has 1 fully saturated rings. The van der Waals surface area contributed by atoms with Gasteiger partial charge in [-0.15, -0.1) is 0 Å². The van der Waals surface area contributed by atoms with Gasteiger partial charge in [-0.25, -0.2) is 4.98 Å². The molecule has 2 heterocycles. The fourth-order valence-electron chi connectivity index (χ4n) is 1.85. The van der Waals surface area contributed by atoms with Crippen LogP contribution >= 0.6 is 0 Å². The summed E-state index contributed by atoms with van der Waals surface area (Å²) < 4.78 is 0. The Kier molecular flexibility index (Phi) is 2.68. The van der Waals surface area contributed by atoms with Gasteiger partial charge in [0.15, 0.2) is 0 Å². The van der Waals surface area contributed by atoms with E-state index in [1.165, 1.54) is 0 Å². The van der Waals surface area contributed by atoms with Gasteiger partial charge in [-0.05, 0) is 45.0 Å². The van der Waals surface area contributed by atoms with Crippen LogP contribution < -0.4 is 10.6 Å². The molecule has 0 atom stereocenters. The van der Waals surface area contributed by atoms with Crippen molar-refractivity contribution < 1.29 is 0 Å². The molecule has 0 amide bonds. The average molecular weight is 191 g/mol. The lowest BCUT2D eigenvalue weighted by Crippen LogP contribution is -2.45. The Morgan fingerprint density at radius 1 is 1.36 bits per heavy atom. The second kappa shape index (κ2) is 3.96. The van der Waals surface area contributed by atoms with Gasteiger partial charge in [-0.1, -0.05) is 6.07 Å². The summed E-state index contributed by atoms with van der Waals surface area (Å²) in [6.45, 7) is 4.45. The summed E-state index contributed by atoms with van der Waals surface area (Å²) in [6, 6.07) is 5.98. The molecule has 1 aliphatic heterocycles. The standard InChI is InChI=1S/C11H17N3/c1-11(5-8-12-9-6-11)14-10-4-2-3-7-13-10/h2-4,7,12H,5-6,8-9H2,1H3,(H,13,14). The molecule has 0 aliphatic carbocycles. The number of pyridine rings is 1. The molecule has 0 saturated carbocycles. The van der Waals surface area contributed by atoms with Crippen LogP contribution in [0, 0.1) is 0 Å². The summed E-state index contributed by atoms with van der Waals surface area (Å²) in [7, 11) is 0. The maximum Gasteiger partial charge on any atom is 0.126 e. The minimum atomic E-state index is 0.208. The van der Waals surface area contributed by atoms with Gasteiger partial charge >= 0.3 is 0 Å². The number of anilines is 1. The molecule has 1 aromatic heterocycles. The molecule has 1 aliphatic rings. The summed E-state index contributed by atoms with van der Waals surface area (Å²) in [4.78, 5) is 4.29. The SMILES string of the molecule is CC1(Nc2ccccn2)CCNCC1. The predicted molar refractivity (Wildman–Crippen MR) is 58.4 cm³/mol. The van der Waals surface area contributed by atoms with Gasteiger partial charge in [-0.2, -0.15) is 0 Å². The second-order valence-electron chi connectivity index (χ2n) is 4.15. The molecule has 76 valence electrons. The third kappa shape index (κ3) is 2.23. The van der Waals surface area contributed by atoms with Crippen molar-refractivity contribution in [1.29, 1.82) is 0 Å². The van der Waals surface area contributed by atoms with Crippen LogP contribution in [-0.2, 0) is 0 Å². The van der Waals surface area contributed by atoms with Gasteiger partial charge < -0.3 is 10.6 Å². The third-order valence-electron chi connectivity index (χ3n) is 2.80. The van der Waals surface area contributed by atoms with Crippen molar-refractivity contribution in [1.82, 2.24) is 10.3 Å². The molecule has 0 bridgehead atoms. The van der Waals surface area contributed by atoms with Crippen molar-refractivity contribution in [2.45, 2.75) is 25.3 Å². The maximum absolute atomic E-state index is 4.29. The van der Waals surface area contributed by atoms with Crippen molar-refractivity contribution >= 4 is 5.82 Å². The summed E-state index contributed by atoms with van der Waals surface area (Å²) >= 11 is 0. The van der Waals surface area contributed by atoms with Gasteiger partial charge in [-0.3, -0.25) is 0 Å². The van der Waals surface area contributed by atoms with E-state index in [1.54, 1.807) is 0 Å². The zero-order valence-corrected chi connectivity index (χ0v) is 8.59. The lowest BCUT2D eigenvalue weighted by molar-refractivity contribution is 0.364. The van der Waals surface area contributed by atoms with Crippen LogP contribution in [0.25, 0.3) is 0 Å². The van der Waals surface area contributed by atoms with Crippen LogP contribution in [0.2, 0.25) is 0 Å². The Hall–Kier alpha value is -1.09. The molecule has 0 spiro atoms. The van der Waals surface area contributed by atoms with Gasteiger partial charge in [0.25, 0.3) is 0 Å². The first-order chi connectivity index (χ1) is 6.79. The molecule has 3 nitrogen and oxygen atoms in total. The summed E-state index contributed by atoms with van der Waals surface area (Å²) in [5.74, 6) is 0.983. The van der Waals surface area contributed by atoms with Crippen LogP contribution in [0.15, 0.2) is 24.4 Å². The molecule has 1 aromatic rings. The van der Waals surface area contributed by atoms with E-state index in [9.17, 15) is 0 Å². The van der Waals surface area contributed by atoms with Crippen LogP contribution in [0.1, 0.15) is 19.8 Å². The van der Waals surface area contributed by atoms with E-state index < -0.39 is 0 Å². The van der Waals surface area contributed by atoms with Gasteiger partial charge in [0.2, 0.25) is 0 Å². The molecular weight excluding hydrogens is 174 g/mol. The fourth-order valence-corrected chi connectivity index (χ4v) is 1.85. The number of piperidine rings is 1. The van der Waals surface area contributed by atoms with Crippen molar-refractivity contribution in [3.8, 4) is 0 Å². The van der Waals surface area contributed by atoms with Crippen molar-refractivity contribution in [2.24, 2.45) is 0 Å². The summed E-state index contributed by atoms with van der Waals surface area (Å²) in [6.07, 6.45) is 4.14. The highest BCUT2D eigenvalue weighted by atomic mass is 15.1. The lowest BCUT2D eigenvalue weighted by atomic mass is 9.91. The zero-order valence-electron chi connectivity index (χ0n) is 8.59. The fraction of sp³-hybridized carbons (Fsp3) is 0.545. The van der Waals surface area contributed by atoms with Gasteiger partial charge in [0.05, 0.1) is 0 Å². The summed E-state index contributed by atoms with van der Waals surface area (Å²) in [5, 5.41) is 6.87. The molecule has 14 heavy (non-hydrogen) atoms. The molecule has 0 radical (unpaired) electrons. The number of rotatable bonds is 2. The second-order valence-corrected chi connectivity index (χ2v) is 4.15. The first kappa shape index (κ1) is 9.46. The predicted octanol–water partition coefficient (Wildman–Crippen LogP) is 1.64. The summed E-state index contributed by atoms with van der Waals surface area (Å²) in [5.41, 5.74) is 0.208. The molecule has 1 saturated heterocycles. The molecular formula is C11H17N3. The zero-order chi connectivity index (χ0) is 9.86. The van der Waals surface area contributed by atoms with Crippen LogP contribution in [0.5, 0.6) is 0 Å². The number of aromatic nitrogens is 1. The number of hydrogen-bond donors (Lipinski definition) is 2. The van der Waals surface area contributed by atoms with Gasteiger partial charge in [0.1, 0.15) is 5.82 Å². The maximum atomic E-state index is 4.29. The molecule has 3 heteroatoms. The first-order valence-electron chi connectivity index (χ1n) is 5.18. The van der Waals surface area contributed by atoms with Crippen molar-refractivity contribution in [3.63, 3.8) is 0 Å². The van der Waals surface area contributed by atoms with E-state index in [0.717, 1.165) is 31.7 Å².